The number of rotatable bonds is 6. The molecule has 1 aromatic carbocycles. The van der Waals surface area contributed by atoms with Crippen LogP contribution in [0.3, 0.4) is 0 Å². The molecule has 0 unspecified atom stereocenters. The lowest BCUT2D eigenvalue weighted by Crippen LogP contribution is -2.51. The van der Waals surface area contributed by atoms with Crippen LogP contribution in [0.15, 0.2) is 24.3 Å². The van der Waals surface area contributed by atoms with Gasteiger partial charge in [-0.3, -0.25) is 14.5 Å². The number of anilines is 1. The number of benzene rings is 1. The van der Waals surface area contributed by atoms with Crippen molar-refractivity contribution in [2.75, 3.05) is 32.6 Å². The summed E-state index contributed by atoms with van der Waals surface area (Å²) in [6, 6.07) is 7.76. The second-order valence-corrected chi connectivity index (χ2v) is 6.88. The van der Waals surface area contributed by atoms with Crippen LogP contribution in [-0.2, 0) is 9.59 Å². The molecule has 1 aliphatic rings. The zero-order chi connectivity index (χ0) is 18.4. The van der Waals surface area contributed by atoms with Crippen molar-refractivity contribution in [2.24, 2.45) is 0 Å². The summed E-state index contributed by atoms with van der Waals surface area (Å²) >= 11 is 0. The smallest absolute Gasteiger partial charge is 0.238 e. The number of amides is 2. The Morgan fingerprint density at radius 2 is 1.92 bits per heavy atom. The van der Waals surface area contributed by atoms with Gasteiger partial charge in [0.25, 0.3) is 0 Å². The van der Waals surface area contributed by atoms with Crippen molar-refractivity contribution < 1.29 is 14.3 Å². The lowest BCUT2D eigenvalue weighted by atomic mass is 9.97. The third-order valence-corrected chi connectivity index (χ3v) is 4.65. The molecule has 2 atom stereocenters. The number of carbonyl (C=O) groups excluding carboxylic acids is 2. The molecule has 0 spiro atoms. The van der Waals surface area contributed by atoms with E-state index in [9.17, 15) is 9.59 Å². The van der Waals surface area contributed by atoms with Crippen molar-refractivity contribution in [3.63, 3.8) is 0 Å². The average Bonchev–Trinajstić information content (AvgIpc) is 2.54. The van der Waals surface area contributed by atoms with Gasteiger partial charge in [-0.1, -0.05) is 6.07 Å². The van der Waals surface area contributed by atoms with Crippen LogP contribution >= 0.6 is 0 Å². The summed E-state index contributed by atoms with van der Waals surface area (Å²) in [7, 11) is 3.38. The number of carbonyl (C=O) groups is 2. The molecule has 2 amide bonds. The minimum Gasteiger partial charge on any atom is -0.497 e. The molecule has 138 valence electrons. The van der Waals surface area contributed by atoms with Crippen LogP contribution in [0.4, 0.5) is 5.69 Å². The normalized spacial score (nSPS) is 20.4. The van der Waals surface area contributed by atoms with Crippen LogP contribution in [-0.4, -0.2) is 60.9 Å². The van der Waals surface area contributed by atoms with Gasteiger partial charge in [-0.2, -0.15) is 0 Å². The van der Waals surface area contributed by atoms with Gasteiger partial charge in [-0.05, 0) is 52.3 Å². The molecule has 0 aliphatic carbocycles. The molecule has 0 bridgehead atoms. The molecule has 1 aliphatic heterocycles. The van der Waals surface area contributed by atoms with Gasteiger partial charge in [-0.15, -0.1) is 0 Å². The summed E-state index contributed by atoms with van der Waals surface area (Å²) < 4.78 is 5.15. The van der Waals surface area contributed by atoms with Gasteiger partial charge in [-0.25, -0.2) is 0 Å². The third-order valence-electron chi connectivity index (χ3n) is 4.65. The highest BCUT2D eigenvalue weighted by molar-refractivity contribution is 5.92. The van der Waals surface area contributed by atoms with E-state index >= 15 is 0 Å². The van der Waals surface area contributed by atoms with Crippen LogP contribution in [0.2, 0.25) is 0 Å². The van der Waals surface area contributed by atoms with Crippen LogP contribution < -0.4 is 10.1 Å². The van der Waals surface area contributed by atoms with Crippen molar-refractivity contribution in [3.8, 4) is 5.75 Å². The number of methoxy groups -OCH3 is 1. The van der Waals surface area contributed by atoms with Gasteiger partial charge in [0.2, 0.25) is 11.8 Å². The van der Waals surface area contributed by atoms with Gasteiger partial charge >= 0.3 is 0 Å². The van der Waals surface area contributed by atoms with Gasteiger partial charge in [0.05, 0.1) is 20.2 Å². The Kier molecular flexibility index (Phi) is 6.82. The van der Waals surface area contributed by atoms with E-state index in [2.05, 4.69) is 19.2 Å². The Labute approximate surface area is 150 Å². The maximum absolute atomic E-state index is 12.6. The summed E-state index contributed by atoms with van der Waals surface area (Å²) in [6.07, 6.45) is 3.27. The number of likely N-dealkylation sites (N-methyl/N-ethyl adjacent to an activating group) is 1. The Balaban J connectivity index is 1.85. The van der Waals surface area contributed by atoms with E-state index in [1.807, 2.05) is 23.1 Å². The van der Waals surface area contributed by atoms with Gasteiger partial charge in [0.15, 0.2) is 0 Å². The standard InChI is InChI=1S/C19H29N3O3/c1-14-7-5-8-15(2)22(14)19(24)13-21(3)12-18(23)20-16-9-6-10-17(11-16)25-4/h6,9-11,14-15H,5,7-8,12-13H2,1-4H3,(H,20,23)/t14-,15+. The van der Waals surface area contributed by atoms with E-state index in [1.54, 1.807) is 25.1 Å². The van der Waals surface area contributed by atoms with Crippen LogP contribution in [0.5, 0.6) is 5.75 Å². The first-order chi connectivity index (χ1) is 11.9. The number of ether oxygens (including phenoxy) is 1. The first-order valence-electron chi connectivity index (χ1n) is 8.84. The Hall–Kier alpha value is -2.08. The molecule has 0 saturated carbocycles. The number of hydrogen-bond donors (Lipinski definition) is 1. The van der Waals surface area contributed by atoms with E-state index in [0.29, 0.717) is 11.4 Å². The van der Waals surface area contributed by atoms with E-state index in [4.69, 9.17) is 4.74 Å². The predicted octanol–water partition coefficient (Wildman–Crippen LogP) is 2.35. The minimum absolute atomic E-state index is 0.0939. The predicted molar refractivity (Wildman–Crippen MR) is 98.7 cm³/mol. The van der Waals surface area contributed by atoms with E-state index < -0.39 is 0 Å². The second-order valence-electron chi connectivity index (χ2n) is 6.88. The maximum Gasteiger partial charge on any atom is 0.238 e. The molecular weight excluding hydrogens is 318 g/mol. The number of piperidine rings is 1. The van der Waals surface area contributed by atoms with Gasteiger partial charge in [0, 0.05) is 23.8 Å². The lowest BCUT2D eigenvalue weighted by molar-refractivity contribution is -0.138. The Bertz CT molecular complexity index is 595. The molecule has 2 rings (SSSR count). The lowest BCUT2D eigenvalue weighted by Gasteiger charge is -2.39. The van der Waals surface area contributed by atoms with E-state index in [-0.39, 0.29) is 37.0 Å². The summed E-state index contributed by atoms with van der Waals surface area (Å²) in [5.41, 5.74) is 0.683. The van der Waals surface area contributed by atoms with Crippen molar-refractivity contribution in [1.82, 2.24) is 9.80 Å². The fraction of sp³-hybridized carbons (Fsp3) is 0.579. The largest absolute Gasteiger partial charge is 0.497 e. The molecule has 0 aromatic heterocycles. The molecule has 1 saturated heterocycles. The Morgan fingerprint density at radius 1 is 1.24 bits per heavy atom. The summed E-state index contributed by atoms with van der Waals surface area (Å²) in [6.45, 7) is 4.62. The zero-order valence-corrected chi connectivity index (χ0v) is 15.6. The Morgan fingerprint density at radius 3 is 2.56 bits per heavy atom. The summed E-state index contributed by atoms with van der Waals surface area (Å²) in [4.78, 5) is 28.5. The first-order valence-corrected chi connectivity index (χ1v) is 8.84. The number of nitrogens with one attached hydrogen (secondary N) is 1. The fourth-order valence-corrected chi connectivity index (χ4v) is 3.43. The minimum atomic E-state index is -0.150. The number of nitrogens with zero attached hydrogens (tertiary/aromatic N) is 2. The SMILES string of the molecule is COc1cccc(NC(=O)CN(C)CC(=O)N2[C@H](C)CCC[C@@H]2C)c1. The molecule has 0 radical (unpaired) electrons. The van der Waals surface area contributed by atoms with Crippen LogP contribution in [0.1, 0.15) is 33.1 Å². The van der Waals surface area contributed by atoms with Crippen LogP contribution in [0.25, 0.3) is 0 Å². The van der Waals surface area contributed by atoms with E-state index in [1.165, 1.54) is 6.42 Å². The molecule has 6 heteroatoms. The third kappa shape index (κ3) is 5.46. The first kappa shape index (κ1) is 19.2. The zero-order valence-electron chi connectivity index (χ0n) is 15.6. The molecule has 1 aromatic rings. The van der Waals surface area contributed by atoms with E-state index in [0.717, 1.165) is 12.8 Å². The van der Waals surface area contributed by atoms with Gasteiger partial charge in [0.1, 0.15) is 5.75 Å². The molecular formula is C19H29N3O3. The highest BCUT2D eigenvalue weighted by Gasteiger charge is 2.29. The maximum atomic E-state index is 12.6. The second kappa shape index (κ2) is 8.85. The van der Waals surface area contributed by atoms with Crippen molar-refractivity contribution in [1.29, 1.82) is 0 Å². The topological polar surface area (TPSA) is 61.9 Å². The summed E-state index contributed by atoms with van der Waals surface area (Å²) in [5, 5.41) is 2.83. The van der Waals surface area contributed by atoms with Gasteiger partial charge < -0.3 is 15.0 Å². The highest BCUT2D eigenvalue weighted by Crippen LogP contribution is 2.22. The number of likely N-dealkylation sites (tertiary alicyclic amines) is 1. The quantitative estimate of drug-likeness (QED) is 0.858. The van der Waals surface area contributed by atoms with Crippen molar-refractivity contribution in [2.45, 2.75) is 45.2 Å². The van der Waals surface area contributed by atoms with Crippen LogP contribution in [0, 0.1) is 0 Å². The molecule has 6 nitrogen and oxygen atoms in total. The monoisotopic (exact) mass is 347 g/mol. The molecule has 25 heavy (non-hydrogen) atoms. The summed E-state index contributed by atoms with van der Waals surface area (Å²) in [5.74, 6) is 0.633. The molecule has 1 heterocycles. The fourth-order valence-electron chi connectivity index (χ4n) is 3.43. The molecule has 1 N–H and O–H groups in total. The number of hydrogen-bond acceptors (Lipinski definition) is 4. The highest BCUT2D eigenvalue weighted by atomic mass is 16.5. The van der Waals surface area contributed by atoms with Crippen molar-refractivity contribution >= 4 is 17.5 Å². The van der Waals surface area contributed by atoms with Crippen molar-refractivity contribution in [3.05, 3.63) is 24.3 Å². The average molecular weight is 347 g/mol. The molecule has 1 fully saturated rings.